The molecule has 1 aliphatic heterocycles. The molecule has 0 aliphatic carbocycles. The second kappa shape index (κ2) is 53.5. The summed E-state index contributed by atoms with van der Waals surface area (Å²) >= 11 is 0. The summed E-state index contributed by atoms with van der Waals surface area (Å²) in [5, 5.41) is 54.6. The Hall–Kier alpha value is -1.85. The van der Waals surface area contributed by atoms with E-state index in [4.69, 9.17) is 9.47 Å². The molecule has 0 aromatic rings. The van der Waals surface area contributed by atoms with Gasteiger partial charge >= 0.3 is 0 Å². The van der Waals surface area contributed by atoms with E-state index < -0.39 is 49.5 Å². The zero-order valence-corrected chi connectivity index (χ0v) is 47.6. The Morgan fingerprint density at radius 2 is 0.849 bits per heavy atom. The molecule has 7 atom stereocenters. The number of nitrogens with one attached hydrogen (secondary N) is 1. The number of unbranched alkanes of at least 4 members (excludes halogenated alkanes) is 36. The lowest BCUT2D eigenvalue weighted by molar-refractivity contribution is -0.302. The molecule has 1 amide bonds. The number of aliphatic hydroxyl groups excluding tert-OH is 5. The van der Waals surface area contributed by atoms with E-state index in [1.54, 1.807) is 0 Å². The average molecular weight is 1030 g/mol. The van der Waals surface area contributed by atoms with Crippen LogP contribution in [0.15, 0.2) is 48.6 Å². The Morgan fingerprint density at radius 1 is 0.479 bits per heavy atom. The van der Waals surface area contributed by atoms with Crippen molar-refractivity contribution < 1.29 is 39.8 Å². The van der Waals surface area contributed by atoms with Crippen LogP contribution < -0.4 is 5.32 Å². The Labute approximate surface area is 450 Å². The molecule has 0 aromatic heterocycles. The van der Waals surface area contributed by atoms with E-state index in [1.165, 1.54) is 205 Å². The van der Waals surface area contributed by atoms with Crippen LogP contribution in [0.1, 0.15) is 296 Å². The largest absolute Gasteiger partial charge is 0.394 e. The molecule has 9 nitrogen and oxygen atoms in total. The van der Waals surface area contributed by atoms with E-state index in [0.29, 0.717) is 12.8 Å². The Kier molecular flexibility index (Phi) is 50.7. The topological polar surface area (TPSA) is 149 Å². The number of ether oxygens (including phenoxy) is 2. The van der Waals surface area contributed by atoms with Gasteiger partial charge in [0.1, 0.15) is 24.4 Å². The number of carbonyl (C=O) groups excluding carboxylic acids is 1. The van der Waals surface area contributed by atoms with Crippen LogP contribution in [0.25, 0.3) is 0 Å². The van der Waals surface area contributed by atoms with Crippen molar-refractivity contribution >= 4 is 5.91 Å². The van der Waals surface area contributed by atoms with Gasteiger partial charge in [-0.25, -0.2) is 0 Å². The molecule has 73 heavy (non-hydrogen) atoms. The molecule has 428 valence electrons. The number of allylic oxidation sites excluding steroid dienone is 8. The van der Waals surface area contributed by atoms with E-state index in [0.717, 1.165) is 64.2 Å². The summed E-state index contributed by atoms with van der Waals surface area (Å²) in [7, 11) is 0. The molecular formula is C64H119NO8. The molecule has 1 fully saturated rings. The standard InChI is InChI=1S/C64H119NO8/c1-3-5-7-9-11-13-15-17-18-19-20-21-22-23-24-25-26-27-28-29-30-31-32-33-34-35-36-37-38-39-40-42-44-46-48-50-52-54-60(68)65-57(56-72-64-63(71)62(70)61(69)59(55-66)73-64)58(67)53-51-49-47-45-43-41-16-14-12-10-8-6-4-2/h5,7,11,13,17-18,20-21,57-59,61-64,66-67,69-71H,3-4,6,8-10,12,14-16,19,22-56H2,1-2H3,(H,65,68)/b7-5-,13-11-,18-17-,21-20-. The molecule has 0 aromatic carbocycles. The normalized spacial score (nSPS) is 19.4. The van der Waals surface area contributed by atoms with Crippen LogP contribution in [0.5, 0.6) is 0 Å². The van der Waals surface area contributed by atoms with Crippen molar-refractivity contribution in [1.29, 1.82) is 0 Å². The van der Waals surface area contributed by atoms with Crippen molar-refractivity contribution in [2.24, 2.45) is 0 Å². The highest BCUT2D eigenvalue weighted by molar-refractivity contribution is 5.76. The molecule has 0 radical (unpaired) electrons. The first-order valence-electron chi connectivity index (χ1n) is 31.3. The third-order valence-electron chi connectivity index (χ3n) is 14.9. The highest BCUT2D eigenvalue weighted by atomic mass is 16.7. The molecule has 0 saturated carbocycles. The molecule has 6 N–H and O–H groups in total. The number of aliphatic hydroxyl groups is 5. The van der Waals surface area contributed by atoms with Crippen LogP contribution in [0.2, 0.25) is 0 Å². The van der Waals surface area contributed by atoms with E-state index in [1.807, 2.05) is 0 Å². The third kappa shape index (κ3) is 42.9. The smallest absolute Gasteiger partial charge is 0.220 e. The highest BCUT2D eigenvalue weighted by Crippen LogP contribution is 2.23. The summed E-state index contributed by atoms with van der Waals surface area (Å²) in [4.78, 5) is 13.1. The van der Waals surface area contributed by atoms with E-state index in [2.05, 4.69) is 67.8 Å². The maximum absolute atomic E-state index is 13.1. The molecule has 0 bridgehead atoms. The maximum atomic E-state index is 13.1. The molecule has 1 saturated heterocycles. The monoisotopic (exact) mass is 1030 g/mol. The summed E-state index contributed by atoms with van der Waals surface area (Å²) in [6.45, 7) is 3.74. The Bertz CT molecular complexity index is 1290. The maximum Gasteiger partial charge on any atom is 0.220 e. The van der Waals surface area contributed by atoms with Gasteiger partial charge in [0.15, 0.2) is 6.29 Å². The van der Waals surface area contributed by atoms with Crippen molar-refractivity contribution in [3.05, 3.63) is 48.6 Å². The van der Waals surface area contributed by atoms with Crippen LogP contribution in [0, 0.1) is 0 Å². The van der Waals surface area contributed by atoms with Gasteiger partial charge in [-0.1, -0.05) is 287 Å². The van der Waals surface area contributed by atoms with Gasteiger partial charge in [-0.3, -0.25) is 4.79 Å². The molecule has 1 heterocycles. The van der Waals surface area contributed by atoms with Gasteiger partial charge in [0.05, 0.1) is 25.4 Å². The van der Waals surface area contributed by atoms with Crippen LogP contribution >= 0.6 is 0 Å². The molecule has 1 rings (SSSR count). The Balaban J connectivity index is 2.04. The van der Waals surface area contributed by atoms with Crippen LogP contribution in [0.3, 0.4) is 0 Å². The first-order valence-corrected chi connectivity index (χ1v) is 31.3. The summed E-state index contributed by atoms with van der Waals surface area (Å²) < 4.78 is 11.3. The van der Waals surface area contributed by atoms with Gasteiger partial charge in [0.2, 0.25) is 5.91 Å². The van der Waals surface area contributed by atoms with Gasteiger partial charge in [0, 0.05) is 6.42 Å². The van der Waals surface area contributed by atoms with Crippen molar-refractivity contribution in [2.75, 3.05) is 13.2 Å². The lowest BCUT2D eigenvalue weighted by Crippen LogP contribution is -2.60. The summed E-state index contributed by atoms with van der Waals surface area (Å²) in [5.41, 5.74) is 0. The van der Waals surface area contributed by atoms with Crippen molar-refractivity contribution in [3.63, 3.8) is 0 Å². The second-order valence-electron chi connectivity index (χ2n) is 21.8. The van der Waals surface area contributed by atoms with Gasteiger partial charge in [-0.05, 0) is 51.4 Å². The number of amides is 1. The van der Waals surface area contributed by atoms with E-state index in [9.17, 15) is 30.3 Å². The molecule has 0 spiro atoms. The average Bonchev–Trinajstić information content (AvgIpc) is 3.39. The SMILES string of the molecule is CC/C=C\C/C=C\C/C=C\C/C=C\CCCCCCCCCCCCCCCCCCCCCCCCCCC(=O)NC(COC1OC(CO)C(O)C(O)C1O)C(O)CCCCCCCCCCCCCCC. The Morgan fingerprint density at radius 3 is 1.26 bits per heavy atom. The van der Waals surface area contributed by atoms with Gasteiger partial charge in [-0.2, -0.15) is 0 Å². The minimum absolute atomic E-state index is 0.134. The number of carbonyl (C=O) groups is 1. The zero-order valence-electron chi connectivity index (χ0n) is 47.6. The van der Waals surface area contributed by atoms with Crippen molar-refractivity contribution in [2.45, 2.75) is 339 Å². The number of rotatable bonds is 54. The fourth-order valence-electron chi connectivity index (χ4n) is 10.0. The molecular weight excluding hydrogens is 911 g/mol. The molecule has 7 unspecified atom stereocenters. The van der Waals surface area contributed by atoms with Crippen molar-refractivity contribution in [3.8, 4) is 0 Å². The van der Waals surface area contributed by atoms with Gasteiger partial charge in [-0.15, -0.1) is 0 Å². The molecule has 9 heteroatoms. The highest BCUT2D eigenvalue weighted by Gasteiger charge is 2.44. The van der Waals surface area contributed by atoms with Crippen molar-refractivity contribution in [1.82, 2.24) is 5.32 Å². The zero-order chi connectivity index (χ0) is 52.9. The molecule has 1 aliphatic rings. The quantitative estimate of drug-likeness (QED) is 0.0261. The van der Waals surface area contributed by atoms with Crippen LogP contribution in [-0.4, -0.2) is 87.5 Å². The minimum atomic E-state index is -1.55. The summed E-state index contributed by atoms with van der Waals surface area (Å²) in [5.74, 6) is -0.140. The first kappa shape index (κ1) is 69.2. The number of hydrogen-bond donors (Lipinski definition) is 6. The second-order valence-corrected chi connectivity index (χ2v) is 21.8. The predicted molar refractivity (Wildman–Crippen MR) is 309 cm³/mol. The fourth-order valence-corrected chi connectivity index (χ4v) is 10.0. The lowest BCUT2D eigenvalue weighted by atomic mass is 9.99. The van der Waals surface area contributed by atoms with Crippen LogP contribution in [-0.2, 0) is 14.3 Å². The van der Waals surface area contributed by atoms with Crippen LogP contribution in [0.4, 0.5) is 0 Å². The van der Waals surface area contributed by atoms with E-state index in [-0.39, 0.29) is 12.5 Å². The van der Waals surface area contributed by atoms with E-state index >= 15 is 0 Å². The van der Waals surface area contributed by atoms with Gasteiger partial charge < -0.3 is 40.3 Å². The third-order valence-corrected chi connectivity index (χ3v) is 14.9. The summed E-state index contributed by atoms with van der Waals surface area (Å²) in [6, 6.07) is -0.716. The predicted octanol–water partition coefficient (Wildman–Crippen LogP) is 16.1. The first-order chi connectivity index (χ1) is 35.8. The lowest BCUT2D eigenvalue weighted by Gasteiger charge is -2.40. The number of hydrogen-bond acceptors (Lipinski definition) is 8. The van der Waals surface area contributed by atoms with Gasteiger partial charge in [0.25, 0.3) is 0 Å². The minimum Gasteiger partial charge on any atom is -0.394 e. The fraction of sp³-hybridized carbons (Fsp3) is 0.859. The summed E-state index contributed by atoms with van der Waals surface area (Å²) in [6.07, 6.45) is 64.6.